The molecule has 0 amide bonds. The van der Waals surface area contributed by atoms with E-state index in [1.807, 2.05) is 6.92 Å². The van der Waals surface area contributed by atoms with Gasteiger partial charge in [0, 0.05) is 0 Å². The molecule has 0 aromatic carbocycles. The molecule has 5 nitrogen and oxygen atoms in total. The van der Waals surface area contributed by atoms with Crippen LogP contribution in [0.3, 0.4) is 0 Å². The monoisotopic (exact) mass is 195 g/mol. The molecular weight excluding hydrogens is 184 g/mol. The van der Waals surface area contributed by atoms with Crippen molar-refractivity contribution in [2.45, 2.75) is 26.4 Å². The second-order valence-corrected chi connectivity index (χ2v) is 2.87. The fraction of sp³-hybridized carbons (Fsp3) is 0.444. The molecule has 0 aliphatic heterocycles. The quantitative estimate of drug-likeness (QED) is 0.686. The van der Waals surface area contributed by atoms with Crippen molar-refractivity contribution in [1.82, 2.24) is 9.97 Å². The van der Waals surface area contributed by atoms with Crippen LogP contribution in [0.15, 0.2) is 12.4 Å². The maximum absolute atomic E-state index is 11.3. The van der Waals surface area contributed by atoms with E-state index in [-0.39, 0.29) is 11.8 Å². The molecule has 0 aliphatic rings. The number of hydrogen-bond donors (Lipinski definition) is 0. The number of hydrogen-bond acceptors (Lipinski definition) is 4. The Balaban J connectivity index is 2.70. The molecule has 1 radical (unpaired) electrons. The molecule has 0 saturated heterocycles. The third-order valence-corrected chi connectivity index (χ3v) is 1.70. The van der Waals surface area contributed by atoms with E-state index in [9.17, 15) is 9.90 Å². The minimum atomic E-state index is -0.607. The molecule has 0 bridgehead atoms. The Morgan fingerprint density at radius 3 is 2.86 bits per heavy atom. The van der Waals surface area contributed by atoms with Crippen molar-refractivity contribution in [3.8, 4) is 5.88 Å². The van der Waals surface area contributed by atoms with E-state index in [2.05, 4.69) is 9.97 Å². The van der Waals surface area contributed by atoms with Gasteiger partial charge in [-0.15, -0.1) is 0 Å². The van der Waals surface area contributed by atoms with E-state index >= 15 is 0 Å². The fourth-order valence-corrected chi connectivity index (χ4v) is 0.773. The summed E-state index contributed by atoms with van der Waals surface area (Å²) in [5, 5.41) is 10.8. The number of ether oxygens (including phenoxy) is 1. The summed E-state index contributed by atoms with van der Waals surface area (Å²) in [6.45, 7) is 3.67. The molecule has 0 N–H and O–H groups in total. The lowest BCUT2D eigenvalue weighted by Gasteiger charge is -2.09. The predicted octanol–water partition coefficient (Wildman–Crippen LogP) is 1.58. The zero-order valence-electron chi connectivity index (χ0n) is 8.06. The van der Waals surface area contributed by atoms with Crippen molar-refractivity contribution in [1.29, 1.82) is 0 Å². The largest absolute Gasteiger partial charge is 0.458 e. The molecule has 0 saturated carbocycles. The zero-order chi connectivity index (χ0) is 10.6. The highest BCUT2D eigenvalue weighted by Gasteiger charge is 2.13. The highest BCUT2D eigenvalue weighted by Crippen LogP contribution is 2.06. The second-order valence-electron chi connectivity index (χ2n) is 2.87. The highest BCUT2D eigenvalue weighted by atomic mass is 16.5. The van der Waals surface area contributed by atoms with Gasteiger partial charge in [0.1, 0.15) is 0 Å². The standard InChI is InChI=1S/C9H11N2O3/c1-3-6(2)14-9(13)7-4-10-5-8(12)11-7/h4-6H,3H2,1-2H3. The Bertz CT molecular complexity index is 328. The fourth-order valence-electron chi connectivity index (χ4n) is 0.773. The van der Waals surface area contributed by atoms with Gasteiger partial charge in [-0.05, 0) is 13.3 Å². The van der Waals surface area contributed by atoms with Gasteiger partial charge < -0.3 is 4.74 Å². The molecular formula is C9H11N2O3. The first-order chi connectivity index (χ1) is 6.63. The molecule has 14 heavy (non-hydrogen) atoms. The Morgan fingerprint density at radius 2 is 2.29 bits per heavy atom. The lowest BCUT2D eigenvalue weighted by molar-refractivity contribution is 0.0325. The Hall–Kier alpha value is -1.65. The number of carbonyl (C=O) groups excluding carboxylic acids is 1. The molecule has 1 atom stereocenters. The van der Waals surface area contributed by atoms with Crippen LogP contribution in [-0.2, 0) is 9.84 Å². The first-order valence-corrected chi connectivity index (χ1v) is 4.33. The van der Waals surface area contributed by atoms with Crippen LogP contribution in [0.5, 0.6) is 5.88 Å². The zero-order valence-corrected chi connectivity index (χ0v) is 8.06. The smallest absolute Gasteiger partial charge is 0.358 e. The molecule has 5 heteroatoms. The summed E-state index contributed by atoms with van der Waals surface area (Å²) < 4.78 is 4.96. The van der Waals surface area contributed by atoms with Crippen LogP contribution >= 0.6 is 0 Å². The molecule has 1 heterocycles. The lowest BCUT2D eigenvalue weighted by atomic mass is 10.3. The molecule has 75 valence electrons. The Labute approximate surface area is 81.8 Å². The van der Waals surface area contributed by atoms with Gasteiger partial charge in [-0.2, -0.15) is 4.98 Å². The van der Waals surface area contributed by atoms with E-state index in [0.717, 1.165) is 12.6 Å². The molecule has 1 rings (SSSR count). The van der Waals surface area contributed by atoms with Crippen LogP contribution < -0.4 is 0 Å². The maximum Gasteiger partial charge on any atom is 0.358 e. The number of nitrogens with zero attached hydrogens (tertiary/aromatic N) is 2. The van der Waals surface area contributed by atoms with Crippen LogP contribution in [0.25, 0.3) is 0 Å². The molecule has 0 aliphatic carbocycles. The third-order valence-electron chi connectivity index (χ3n) is 1.70. The van der Waals surface area contributed by atoms with Crippen molar-refractivity contribution in [3.63, 3.8) is 0 Å². The van der Waals surface area contributed by atoms with Crippen LogP contribution in [-0.4, -0.2) is 22.0 Å². The molecule has 0 fully saturated rings. The van der Waals surface area contributed by atoms with Crippen molar-refractivity contribution < 1.29 is 14.6 Å². The van der Waals surface area contributed by atoms with Gasteiger partial charge in [0.2, 0.25) is 0 Å². The van der Waals surface area contributed by atoms with Crippen molar-refractivity contribution in [2.75, 3.05) is 0 Å². The summed E-state index contributed by atoms with van der Waals surface area (Å²) in [5.41, 5.74) is -0.0437. The van der Waals surface area contributed by atoms with Gasteiger partial charge in [-0.25, -0.2) is 4.79 Å². The summed E-state index contributed by atoms with van der Waals surface area (Å²) in [7, 11) is 0. The van der Waals surface area contributed by atoms with Gasteiger partial charge in [-0.3, -0.25) is 10.1 Å². The number of rotatable bonds is 3. The van der Waals surface area contributed by atoms with Crippen molar-refractivity contribution in [3.05, 3.63) is 18.1 Å². The highest BCUT2D eigenvalue weighted by molar-refractivity contribution is 5.87. The first-order valence-electron chi connectivity index (χ1n) is 4.33. The van der Waals surface area contributed by atoms with E-state index in [4.69, 9.17) is 4.74 Å². The van der Waals surface area contributed by atoms with E-state index in [1.54, 1.807) is 6.92 Å². The van der Waals surface area contributed by atoms with Gasteiger partial charge >= 0.3 is 5.97 Å². The van der Waals surface area contributed by atoms with Gasteiger partial charge in [-0.1, -0.05) is 6.92 Å². The maximum atomic E-state index is 11.3. The normalized spacial score (nSPS) is 12.1. The van der Waals surface area contributed by atoms with Crippen molar-refractivity contribution >= 4 is 5.97 Å². The lowest BCUT2D eigenvalue weighted by Crippen LogP contribution is -2.15. The first kappa shape index (κ1) is 10.4. The van der Waals surface area contributed by atoms with Crippen LogP contribution in [0, 0.1) is 0 Å². The third kappa shape index (κ3) is 2.69. The van der Waals surface area contributed by atoms with Crippen LogP contribution in [0.1, 0.15) is 30.8 Å². The average molecular weight is 195 g/mol. The summed E-state index contributed by atoms with van der Waals surface area (Å²) in [4.78, 5) is 18.3. The topological polar surface area (TPSA) is 72.0 Å². The number of aromatic nitrogens is 2. The number of carbonyl (C=O) groups is 1. The van der Waals surface area contributed by atoms with Crippen LogP contribution in [0.4, 0.5) is 0 Å². The van der Waals surface area contributed by atoms with Gasteiger partial charge in [0.25, 0.3) is 5.88 Å². The molecule has 0 spiro atoms. The summed E-state index contributed by atoms with van der Waals surface area (Å²) in [6, 6.07) is 0. The van der Waals surface area contributed by atoms with E-state index in [1.165, 1.54) is 6.20 Å². The van der Waals surface area contributed by atoms with E-state index < -0.39 is 11.8 Å². The minimum Gasteiger partial charge on any atom is -0.458 e. The second kappa shape index (κ2) is 4.55. The van der Waals surface area contributed by atoms with Crippen molar-refractivity contribution in [2.24, 2.45) is 0 Å². The average Bonchev–Trinajstić information content (AvgIpc) is 2.17. The van der Waals surface area contributed by atoms with E-state index in [0.29, 0.717) is 0 Å². The molecule has 1 aromatic rings. The minimum absolute atomic E-state index is 0.0437. The molecule has 1 aromatic heterocycles. The van der Waals surface area contributed by atoms with Gasteiger partial charge in [0.05, 0.1) is 18.5 Å². The summed E-state index contributed by atoms with van der Waals surface area (Å²) in [6.07, 6.45) is 2.79. The molecule has 1 unspecified atom stereocenters. The number of esters is 1. The Kier molecular flexibility index (Phi) is 3.39. The Morgan fingerprint density at radius 1 is 1.57 bits per heavy atom. The summed E-state index contributed by atoms with van der Waals surface area (Å²) >= 11 is 0. The van der Waals surface area contributed by atoms with Gasteiger partial charge in [0.15, 0.2) is 5.69 Å². The summed E-state index contributed by atoms with van der Waals surface area (Å²) in [5.74, 6) is -1.15. The van der Waals surface area contributed by atoms with Crippen LogP contribution in [0.2, 0.25) is 0 Å². The SMILES string of the molecule is CCC(C)OC(=O)c1cncc([O])n1. The predicted molar refractivity (Wildman–Crippen MR) is 47.3 cm³/mol.